The van der Waals surface area contributed by atoms with Crippen LogP contribution in [0.15, 0.2) is 0 Å². The smallest absolute Gasteiger partial charge is 0.247 e. The molecule has 0 spiro atoms. The van der Waals surface area contributed by atoms with Gasteiger partial charge in [-0.3, -0.25) is 14.5 Å². The molecule has 2 amide bonds. The van der Waals surface area contributed by atoms with Gasteiger partial charge in [-0.1, -0.05) is 33.6 Å². The molecule has 0 saturated carbocycles. The number of carbonyl (C=O) groups is 2. The molecule has 1 fully saturated rings. The van der Waals surface area contributed by atoms with Gasteiger partial charge in [0.25, 0.3) is 0 Å². The van der Waals surface area contributed by atoms with Crippen LogP contribution in [0, 0.1) is 5.92 Å². The molecular weight excluding hydrogens is 252 g/mol. The van der Waals surface area contributed by atoms with Gasteiger partial charge in [0.15, 0.2) is 0 Å². The van der Waals surface area contributed by atoms with Gasteiger partial charge in [0.1, 0.15) is 0 Å². The number of hydrogen-bond acceptors (Lipinski definition) is 3. The second-order valence-corrected chi connectivity index (χ2v) is 6.51. The van der Waals surface area contributed by atoms with Crippen LogP contribution in [0.25, 0.3) is 0 Å². The maximum Gasteiger partial charge on any atom is 0.247 e. The zero-order valence-electron chi connectivity index (χ0n) is 13.6. The van der Waals surface area contributed by atoms with Crippen molar-refractivity contribution in [3.05, 3.63) is 0 Å². The predicted molar refractivity (Wildman–Crippen MR) is 81.3 cm³/mol. The van der Waals surface area contributed by atoms with Gasteiger partial charge >= 0.3 is 0 Å². The predicted octanol–water partition coefficient (Wildman–Crippen LogP) is 2.72. The van der Waals surface area contributed by atoms with Gasteiger partial charge in [-0.25, -0.2) is 0 Å². The lowest BCUT2D eigenvalue weighted by molar-refractivity contribution is -0.141. The van der Waals surface area contributed by atoms with E-state index in [2.05, 4.69) is 26.1 Å². The van der Waals surface area contributed by atoms with Crippen molar-refractivity contribution in [2.75, 3.05) is 0 Å². The molecule has 20 heavy (non-hydrogen) atoms. The lowest BCUT2D eigenvalue weighted by Gasteiger charge is -2.23. The van der Waals surface area contributed by atoms with Crippen molar-refractivity contribution < 1.29 is 9.59 Å². The Balaban J connectivity index is 2.45. The third-order valence-electron chi connectivity index (χ3n) is 4.12. The van der Waals surface area contributed by atoms with Crippen molar-refractivity contribution in [1.29, 1.82) is 0 Å². The molecule has 0 aromatic carbocycles. The SMILES string of the molecule is CCC(C)N1C(=O)CC(NC(C)CCCC(C)C)C1=O. The largest absolute Gasteiger partial charge is 0.303 e. The van der Waals surface area contributed by atoms with Crippen LogP contribution in [-0.4, -0.2) is 34.8 Å². The van der Waals surface area contributed by atoms with Gasteiger partial charge in [-0.15, -0.1) is 0 Å². The fourth-order valence-electron chi connectivity index (χ4n) is 2.69. The Morgan fingerprint density at radius 1 is 1.20 bits per heavy atom. The van der Waals surface area contributed by atoms with Crippen LogP contribution in [0.5, 0.6) is 0 Å². The number of imide groups is 1. The fourth-order valence-corrected chi connectivity index (χ4v) is 2.69. The van der Waals surface area contributed by atoms with Crippen LogP contribution >= 0.6 is 0 Å². The van der Waals surface area contributed by atoms with Crippen LogP contribution in [0.2, 0.25) is 0 Å². The molecule has 0 aliphatic carbocycles. The van der Waals surface area contributed by atoms with Gasteiger partial charge in [0.05, 0.1) is 12.5 Å². The molecule has 3 atom stereocenters. The third-order valence-corrected chi connectivity index (χ3v) is 4.12. The van der Waals surface area contributed by atoms with Crippen molar-refractivity contribution in [2.24, 2.45) is 5.92 Å². The number of nitrogens with zero attached hydrogens (tertiary/aromatic N) is 1. The number of carbonyl (C=O) groups excluding carboxylic acids is 2. The highest BCUT2D eigenvalue weighted by Crippen LogP contribution is 2.19. The molecule has 116 valence electrons. The minimum atomic E-state index is -0.314. The highest BCUT2D eigenvalue weighted by molar-refractivity contribution is 6.05. The van der Waals surface area contributed by atoms with Gasteiger partial charge in [0.2, 0.25) is 11.8 Å². The summed E-state index contributed by atoms with van der Waals surface area (Å²) >= 11 is 0. The first-order chi connectivity index (χ1) is 9.36. The summed E-state index contributed by atoms with van der Waals surface area (Å²) < 4.78 is 0. The Morgan fingerprint density at radius 2 is 1.85 bits per heavy atom. The molecule has 4 heteroatoms. The monoisotopic (exact) mass is 282 g/mol. The van der Waals surface area contributed by atoms with Crippen molar-refractivity contribution in [2.45, 2.75) is 84.8 Å². The molecule has 0 radical (unpaired) electrons. The zero-order valence-corrected chi connectivity index (χ0v) is 13.6. The summed E-state index contributed by atoms with van der Waals surface area (Å²) in [5, 5.41) is 3.33. The number of rotatable bonds is 8. The van der Waals surface area contributed by atoms with E-state index in [9.17, 15) is 9.59 Å². The lowest BCUT2D eigenvalue weighted by atomic mass is 10.0. The molecule has 0 bridgehead atoms. The first-order valence-corrected chi connectivity index (χ1v) is 7.98. The molecular formula is C16H30N2O2. The van der Waals surface area contributed by atoms with Crippen LogP contribution < -0.4 is 5.32 Å². The first-order valence-electron chi connectivity index (χ1n) is 7.98. The summed E-state index contributed by atoms with van der Waals surface area (Å²) in [5.41, 5.74) is 0. The Bertz CT molecular complexity index is 341. The molecule has 1 heterocycles. The summed E-state index contributed by atoms with van der Waals surface area (Å²) in [6.07, 6.45) is 4.56. The maximum absolute atomic E-state index is 12.3. The van der Waals surface area contributed by atoms with E-state index in [4.69, 9.17) is 0 Å². The standard InChI is InChI=1S/C16H30N2O2/c1-6-13(5)18-15(19)10-14(16(18)20)17-12(4)9-7-8-11(2)3/h11-14,17H,6-10H2,1-5H3. The molecule has 0 aromatic rings. The number of nitrogens with one attached hydrogen (secondary N) is 1. The second kappa shape index (κ2) is 7.77. The first kappa shape index (κ1) is 17.2. The highest BCUT2D eigenvalue weighted by Gasteiger charge is 2.40. The molecule has 4 nitrogen and oxygen atoms in total. The molecule has 1 N–H and O–H groups in total. The van der Waals surface area contributed by atoms with E-state index in [0.29, 0.717) is 6.42 Å². The quantitative estimate of drug-likeness (QED) is 0.696. The van der Waals surface area contributed by atoms with E-state index in [-0.39, 0.29) is 29.9 Å². The van der Waals surface area contributed by atoms with Gasteiger partial charge in [-0.2, -0.15) is 0 Å². The van der Waals surface area contributed by atoms with E-state index < -0.39 is 0 Å². The van der Waals surface area contributed by atoms with E-state index in [1.165, 1.54) is 11.3 Å². The number of likely N-dealkylation sites (tertiary alicyclic amines) is 1. The van der Waals surface area contributed by atoms with Crippen molar-refractivity contribution in [1.82, 2.24) is 10.2 Å². The van der Waals surface area contributed by atoms with E-state index >= 15 is 0 Å². The van der Waals surface area contributed by atoms with Gasteiger partial charge < -0.3 is 5.32 Å². The summed E-state index contributed by atoms with van der Waals surface area (Å²) in [5.74, 6) is 0.647. The van der Waals surface area contributed by atoms with Crippen LogP contribution in [0.4, 0.5) is 0 Å². The summed E-state index contributed by atoms with van der Waals surface area (Å²) in [6.45, 7) is 10.5. The average Bonchev–Trinajstić information content (AvgIpc) is 2.63. The maximum atomic E-state index is 12.3. The van der Waals surface area contributed by atoms with Crippen LogP contribution in [-0.2, 0) is 9.59 Å². The minimum absolute atomic E-state index is 0.0121. The molecule has 1 aliphatic rings. The lowest BCUT2D eigenvalue weighted by Crippen LogP contribution is -2.45. The summed E-state index contributed by atoms with van der Waals surface area (Å²) in [6, 6.07) is -0.0176. The molecule has 1 aliphatic heterocycles. The average molecular weight is 282 g/mol. The second-order valence-electron chi connectivity index (χ2n) is 6.51. The molecule has 3 unspecified atom stereocenters. The molecule has 1 rings (SSSR count). The topological polar surface area (TPSA) is 49.4 Å². The minimum Gasteiger partial charge on any atom is -0.303 e. The normalized spacial score (nSPS) is 22.7. The van der Waals surface area contributed by atoms with E-state index in [1.54, 1.807) is 0 Å². The Hall–Kier alpha value is -0.900. The van der Waals surface area contributed by atoms with E-state index in [0.717, 1.165) is 25.2 Å². The Labute approximate surface area is 123 Å². The van der Waals surface area contributed by atoms with Crippen molar-refractivity contribution in [3.8, 4) is 0 Å². The zero-order chi connectivity index (χ0) is 15.3. The number of hydrogen-bond donors (Lipinski definition) is 1. The van der Waals surface area contributed by atoms with Crippen LogP contribution in [0.3, 0.4) is 0 Å². The summed E-state index contributed by atoms with van der Waals surface area (Å²) in [4.78, 5) is 25.7. The molecule has 1 saturated heterocycles. The van der Waals surface area contributed by atoms with Gasteiger partial charge in [-0.05, 0) is 32.6 Å². The van der Waals surface area contributed by atoms with Crippen LogP contribution in [0.1, 0.15) is 66.7 Å². The Kier molecular flexibility index (Phi) is 6.66. The van der Waals surface area contributed by atoms with Crippen molar-refractivity contribution >= 4 is 11.8 Å². The molecule has 0 aromatic heterocycles. The van der Waals surface area contributed by atoms with Crippen molar-refractivity contribution in [3.63, 3.8) is 0 Å². The fraction of sp³-hybridized carbons (Fsp3) is 0.875. The van der Waals surface area contributed by atoms with E-state index in [1.807, 2.05) is 13.8 Å². The summed E-state index contributed by atoms with van der Waals surface area (Å²) in [7, 11) is 0. The highest BCUT2D eigenvalue weighted by atomic mass is 16.2. The third kappa shape index (κ3) is 4.58. The van der Waals surface area contributed by atoms with Gasteiger partial charge in [0, 0.05) is 12.1 Å². The Morgan fingerprint density at radius 3 is 2.40 bits per heavy atom. The number of amides is 2.